The van der Waals surface area contributed by atoms with E-state index in [0.29, 0.717) is 22.9 Å². The number of nitrogens with one attached hydrogen (secondary N) is 3. The van der Waals surface area contributed by atoms with Crippen LogP contribution in [-0.4, -0.2) is 52.8 Å². The Morgan fingerprint density at radius 2 is 1.40 bits per heavy atom. The number of nitrogens with zero attached hydrogens (tertiary/aromatic N) is 4. The Bertz CT molecular complexity index is 1770. The predicted octanol–water partition coefficient (Wildman–Crippen LogP) is 6.03. The minimum Gasteiger partial charge on any atom is -0.497 e. The standard InChI is InChI=1S/C33H31N7O5/c1-44-24-18-16-22(17-19-24)20-40(21-29(41)42)32-37-30(34-26-13-7-6-12-25(26)23-10-4-3-5-11-23)36-31(38-32)39-33(43)35-27-14-8-9-15-28(27)45-2/h3-19H,20-21H2,1-2H3,(H,41,42)(H3,34,35,36,37,38,39,43). The van der Waals surface area contributed by atoms with Gasteiger partial charge in [-0.3, -0.25) is 10.1 Å². The zero-order valence-electron chi connectivity index (χ0n) is 24.6. The average molecular weight is 606 g/mol. The number of methoxy groups -OCH3 is 2. The molecule has 4 N–H and O–H groups in total. The van der Waals surface area contributed by atoms with Crippen molar-refractivity contribution in [1.82, 2.24) is 15.0 Å². The molecule has 12 nitrogen and oxygen atoms in total. The van der Waals surface area contributed by atoms with E-state index in [1.807, 2.05) is 66.7 Å². The van der Waals surface area contributed by atoms with Gasteiger partial charge in [-0.25, -0.2) is 4.79 Å². The van der Waals surface area contributed by atoms with E-state index in [2.05, 4.69) is 30.9 Å². The van der Waals surface area contributed by atoms with Crippen LogP contribution in [0.4, 0.5) is 34.0 Å². The lowest BCUT2D eigenvalue weighted by atomic mass is 10.0. The number of aliphatic carboxylic acids is 1. The van der Waals surface area contributed by atoms with Gasteiger partial charge in [0.1, 0.15) is 18.0 Å². The van der Waals surface area contributed by atoms with Gasteiger partial charge in [-0.2, -0.15) is 15.0 Å². The molecule has 5 aromatic rings. The largest absolute Gasteiger partial charge is 0.497 e. The number of para-hydroxylation sites is 3. The number of carbonyl (C=O) groups is 2. The van der Waals surface area contributed by atoms with Gasteiger partial charge in [-0.1, -0.05) is 72.8 Å². The number of hydrogen-bond acceptors (Lipinski definition) is 9. The summed E-state index contributed by atoms with van der Waals surface area (Å²) in [6, 6.07) is 30.9. The van der Waals surface area contributed by atoms with E-state index in [1.54, 1.807) is 43.5 Å². The minimum absolute atomic E-state index is 0.0375. The van der Waals surface area contributed by atoms with Crippen LogP contribution in [-0.2, 0) is 11.3 Å². The number of carbonyl (C=O) groups excluding carboxylic acids is 1. The highest BCUT2D eigenvalue weighted by atomic mass is 16.5. The summed E-state index contributed by atoms with van der Waals surface area (Å²) in [6.45, 7) is -0.254. The van der Waals surface area contributed by atoms with Crippen LogP contribution in [0.3, 0.4) is 0 Å². The molecule has 5 rings (SSSR count). The minimum atomic E-state index is -1.09. The Balaban J connectivity index is 1.51. The highest BCUT2D eigenvalue weighted by molar-refractivity contribution is 5.99. The lowest BCUT2D eigenvalue weighted by Gasteiger charge is -2.22. The maximum absolute atomic E-state index is 13.1. The van der Waals surface area contributed by atoms with E-state index >= 15 is 0 Å². The van der Waals surface area contributed by atoms with Gasteiger partial charge in [0.15, 0.2) is 0 Å². The number of urea groups is 1. The topological polar surface area (TPSA) is 151 Å². The van der Waals surface area contributed by atoms with Crippen LogP contribution in [0.15, 0.2) is 103 Å². The summed E-state index contributed by atoms with van der Waals surface area (Å²) in [5.41, 5.74) is 3.80. The molecule has 0 saturated carbocycles. The summed E-state index contributed by atoms with van der Waals surface area (Å²) in [5, 5.41) is 18.4. The van der Waals surface area contributed by atoms with Crippen LogP contribution < -0.4 is 30.3 Å². The first-order valence-corrected chi connectivity index (χ1v) is 13.9. The molecule has 4 aromatic carbocycles. The summed E-state index contributed by atoms with van der Waals surface area (Å²) in [6.07, 6.45) is 0. The second kappa shape index (κ2) is 14.3. The number of benzene rings is 4. The van der Waals surface area contributed by atoms with Crippen molar-refractivity contribution in [3.05, 3.63) is 109 Å². The van der Waals surface area contributed by atoms with Crippen LogP contribution in [0.2, 0.25) is 0 Å². The van der Waals surface area contributed by atoms with Crippen LogP contribution in [0.25, 0.3) is 11.1 Å². The molecule has 0 aliphatic carbocycles. The number of aromatic nitrogens is 3. The molecule has 0 atom stereocenters. The highest BCUT2D eigenvalue weighted by Gasteiger charge is 2.19. The van der Waals surface area contributed by atoms with E-state index in [-0.39, 0.29) is 24.4 Å². The molecular formula is C33H31N7O5. The summed E-state index contributed by atoms with van der Waals surface area (Å²) in [4.78, 5) is 39.9. The second-order valence-corrected chi connectivity index (χ2v) is 9.70. The zero-order chi connectivity index (χ0) is 31.6. The Kier molecular flexibility index (Phi) is 9.65. The normalized spacial score (nSPS) is 10.4. The van der Waals surface area contributed by atoms with Crippen molar-refractivity contribution in [2.75, 3.05) is 41.6 Å². The summed E-state index contributed by atoms with van der Waals surface area (Å²) in [5.74, 6) is 0.0841. The van der Waals surface area contributed by atoms with Gasteiger partial charge in [0, 0.05) is 17.8 Å². The number of carboxylic acids is 1. The molecule has 45 heavy (non-hydrogen) atoms. The molecule has 0 aliphatic heterocycles. The third-order valence-corrected chi connectivity index (χ3v) is 6.60. The van der Waals surface area contributed by atoms with Crippen LogP contribution in [0, 0.1) is 0 Å². The molecule has 1 heterocycles. The molecule has 0 spiro atoms. The Labute approximate surface area is 259 Å². The van der Waals surface area contributed by atoms with Gasteiger partial charge < -0.3 is 30.1 Å². The van der Waals surface area contributed by atoms with Gasteiger partial charge >= 0.3 is 12.0 Å². The van der Waals surface area contributed by atoms with E-state index in [1.165, 1.54) is 12.0 Å². The van der Waals surface area contributed by atoms with Crippen LogP contribution in [0.5, 0.6) is 11.5 Å². The number of carboxylic acid groups (broad SMARTS) is 1. The van der Waals surface area contributed by atoms with Crippen molar-refractivity contribution in [3.8, 4) is 22.6 Å². The summed E-state index contributed by atoms with van der Waals surface area (Å²) in [7, 11) is 3.07. The molecule has 0 bridgehead atoms. The van der Waals surface area contributed by atoms with Crippen molar-refractivity contribution >= 4 is 41.2 Å². The van der Waals surface area contributed by atoms with Gasteiger partial charge in [0.25, 0.3) is 0 Å². The van der Waals surface area contributed by atoms with Gasteiger partial charge in [0.2, 0.25) is 17.8 Å². The molecular weight excluding hydrogens is 574 g/mol. The number of amides is 2. The lowest BCUT2D eigenvalue weighted by molar-refractivity contribution is -0.135. The number of rotatable bonds is 12. The van der Waals surface area contributed by atoms with Crippen molar-refractivity contribution in [2.24, 2.45) is 0 Å². The number of ether oxygens (including phenoxy) is 2. The molecule has 0 unspecified atom stereocenters. The average Bonchev–Trinajstić information content (AvgIpc) is 3.05. The highest BCUT2D eigenvalue weighted by Crippen LogP contribution is 2.30. The zero-order valence-corrected chi connectivity index (χ0v) is 24.6. The fourth-order valence-corrected chi connectivity index (χ4v) is 4.51. The Morgan fingerprint density at radius 1 is 0.733 bits per heavy atom. The SMILES string of the molecule is COc1ccc(CN(CC(=O)O)c2nc(NC(=O)Nc3ccccc3OC)nc(Nc3ccccc3-c3ccccc3)n2)cc1. The van der Waals surface area contributed by atoms with Gasteiger partial charge in [-0.05, 0) is 41.5 Å². The number of anilines is 5. The molecule has 2 amide bonds. The first kappa shape index (κ1) is 30.3. The Morgan fingerprint density at radius 3 is 2.11 bits per heavy atom. The Hall–Kier alpha value is -6.17. The first-order chi connectivity index (χ1) is 21.9. The quantitative estimate of drug-likeness (QED) is 0.133. The van der Waals surface area contributed by atoms with E-state index in [9.17, 15) is 14.7 Å². The first-order valence-electron chi connectivity index (χ1n) is 13.9. The maximum atomic E-state index is 13.1. The van der Waals surface area contributed by atoms with Crippen molar-refractivity contribution < 1.29 is 24.2 Å². The maximum Gasteiger partial charge on any atom is 0.326 e. The molecule has 12 heteroatoms. The predicted molar refractivity (Wildman–Crippen MR) is 172 cm³/mol. The molecule has 228 valence electrons. The molecule has 1 aromatic heterocycles. The van der Waals surface area contributed by atoms with Crippen molar-refractivity contribution in [2.45, 2.75) is 6.54 Å². The molecule has 0 radical (unpaired) electrons. The smallest absolute Gasteiger partial charge is 0.326 e. The monoisotopic (exact) mass is 605 g/mol. The third-order valence-electron chi connectivity index (χ3n) is 6.60. The van der Waals surface area contributed by atoms with E-state index in [4.69, 9.17) is 9.47 Å². The second-order valence-electron chi connectivity index (χ2n) is 9.70. The van der Waals surface area contributed by atoms with Crippen molar-refractivity contribution in [3.63, 3.8) is 0 Å². The molecule has 0 saturated heterocycles. The third kappa shape index (κ3) is 8.02. The molecule has 0 aliphatic rings. The van der Waals surface area contributed by atoms with Crippen LogP contribution >= 0.6 is 0 Å². The van der Waals surface area contributed by atoms with Crippen LogP contribution in [0.1, 0.15) is 5.56 Å². The lowest BCUT2D eigenvalue weighted by Crippen LogP contribution is -2.31. The summed E-state index contributed by atoms with van der Waals surface area (Å²) < 4.78 is 10.6. The van der Waals surface area contributed by atoms with E-state index < -0.39 is 18.5 Å². The van der Waals surface area contributed by atoms with E-state index in [0.717, 1.165) is 16.7 Å². The fraction of sp³-hybridized carbons (Fsp3) is 0.121. The molecule has 0 fully saturated rings. The summed E-state index contributed by atoms with van der Waals surface area (Å²) >= 11 is 0. The van der Waals surface area contributed by atoms with Crippen molar-refractivity contribution in [1.29, 1.82) is 0 Å². The van der Waals surface area contributed by atoms with Gasteiger partial charge in [0.05, 0.1) is 19.9 Å². The van der Waals surface area contributed by atoms with Gasteiger partial charge in [-0.15, -0.1) is 0 Å². The number of hydrogen-bond donors (Lipinski definition) is 4. The fourth-order valence-electron chi connectivity index (χ4n) is 4.51.